The second kappa shape index (κ2) is 18.5. The minimum absolute atomic E-state index is 0.133. The molecule has 3 N–H and O–H groups in total. The van der Waals surface area contributed by atoms with E-state index in [1.807, 2.05) is 30.5 Å². The molecule has 3 aromatic carbocycles. The van der Waals surface area contributed by atoms with Gasteiger partial charge in [0.15, 0.2) is 0 Å². The molecule has 5 fully saturated rings. The van der Waals surface area contributed by atoms with E-state index in [9.17, 15) is 23.3 Å². The third kappa shape index (κ3) is 8.80. The maximum absolute atomic E-state index is 14.7. The Labute approximate surface area is 403 Å². The number of hydrogen-bond acceptors (Lipinski definition) is 13. The highest BCUT2D eigenvalue weighted by molar-refractivity contribution is 7.90. The molecule has 0 radical (unpaired) electrons. The number of carbonyl (C=O) groups excluding carboxylic acids is 1. The molecule has 1 spiro atoms. The first-order valence-electron chi connectivity index (χ1n) is 24.9. The Kier molecular flexibility index (Phi) is 12.3. The Morgan fingerprint density at radius 3 is 2.54 bits per heavy atom. The van der Waals surface area contributed by atoms with E-state index in [1.165, 1.54) is 48.9 Å². The molecule has 17 heteroatoms. The summed E-state index contributed by atoms with van der Waals surface area (Å²) < 4.78 is 48.4. The number of aromatic amines is 1. The number of likely N-dealkylation sites (tertiary alicyclic amines) is 1. The zero-order valence-electron chi connectivity index (χ0n) is 39.4. The molecular weight excluding hydrogens is 897 g/mol. The number of nitro groups is 1. The van der Waals surface area contributed by atoms with Crippen LogP contribution < -0.4 is 24.6 Å². The summed E-state index contributed by atoms with van der Waals surface area (Å²) >= 11 is 0. The van der Waals surface area contributed by atoms with Crippen molar-refractivity contribution in [3.63, 3.8) is 0 Å². The number of piperidine rings is 1. The van der Waals surface area contributed by atoms with Gasteiger partial charge in [0.05, 0.1) is 33.7 Å². The Hall–Kier alpha value is -5.75. The van der Waals surface area contributed by atoms with Crippen LogP contribution in [0.5, 0.6) is 5.88 Å². The number of hydrogen-bond donors (Lipinski definition) is 3. The number of pyridine rings is 1. The van der Waals surface area contributed by atoms with Gasteiger partial charge in [0.25, 0.3) is 21.6 Å². The van der Waals surface area contributed by atoms with Crippen molar-refractivity contribution in [3.05, 3.63) is 106 Å². The number of ether oxygens (including phenoxy) is 3. The summed E-state index contributed by atoms with van der Waals surface area (Å²) in [5.41, 5.74) is 5.98. The van der Waals surface area contributed by atoms with Gasteiger partial charge in [0, 0.05) is 74.9 Å². The highest BCUT2D eigenvalue weighted by Gasteiger charge is 2.50. The minimum Gasteiger partial charge on any atom is -0.468 e. The SMILES string of the molecule is CC(C)c1ccccc1[C@@H]1CCCN1C1CC2(CCN(c3ccc(C(=O)NS(=O)(=O)c4ccc(NCC5CCOCC5)c([N+](=O)[O-])c4)c(N4c5cc6cc[nH]c6nc5O[C@@H]5COCC[C@@H]54)c3)CC2)C1. The van der Waals surface area contributed by atoms with Gasteiger partial charge in [-0.25, -0.2) is 13.1 Å². The van der Waals surface area contributed by atoms with Gasteiger partial charge in [0.2, 0.25) is 5.88 Å². The smallest absolute Gasteiger partial charge is 0.293 e. The van der Waals surface area contributed by atoms with Gasteiger partial charge < -0.3 is 34.3 Å². The zero-order chi connectivity index (χ0) is 47.4. The summed E-state index contributed by atoms with van der Waals surface area (Å²) in [7, 11) is -4.59. The molecule has 7 heterocycles. The van der Waals surface area contributed by atoms with Crippen LogP contribution in [0, 0.1) is 21.4 Å². The molecule has 16 nitrogen and oxygen atoms in total. The predicted octanol–water partition coefficient (Wildman–Crippen LogP) is 8.83. The number of nitrogens with zero attached hydrogens (tertiary/aromatic N) is 5. The molecule has 364 valence electrons. The Balaban J connectivity index is 0.872. The van der Waals surface area contributed by atoms with Crippen molar-refractivity contribution in [2.45, 2.75) is 107 Å². The topological polar surface area (TPSA) is 184 Å². The van der Waals surface area contributed by atoms with Crippen molar-refractivity contribution in [3.8, 4) is 5.88 Å². The minimum atomic E-state index is -4.59. The predicted molar refractivity (Wildman–Crippen MR) is 264 cm³/mol. The lowest BCUT2D eigenvalue weighted by molar-refractivity contribution is -0.384. The Morgan fingerprint density at radius 2 is 1.74 bits per heavy atom. The van der Waals surface area contributed by atoms with Crippen LogP contribution in [0.2, 0.25) is 0 Å². The van der Waals surface area contributed by atoms with E-state index in [-0.39, 0.29) is 23.2 Å². The molecule has 6 aliphatic rings. The quantitative estimate of drug-likeness (QED) is 0.0797. The second-order valence-corrected chi connectivity index (χ2v) is 22.1. The summed E-state index contributed by atoms with van der Waals surface area (Å²) in [6.07, 6.45) is 10.6. The molecule has 2 aromatic heterocycles. The Morgan fingerprint density at radius 1 is 0.942 bits per heavy atom. The highest BCUT2D eigenvalue weighted by atomic mass is 32.2. The number of aromatic nitrogens is 2. The van der Waals surface area contributed by atoms with E-state index >= 15 is 0 Å². The van der Waals surface area contributed by atoms with E-state index in [2.05, 4.69) is 67.8 Å². The van der Waals surface area contributed by atoms with E-state index in [0.29, 0.717) is 85.7 Å². The molecule has 3 atom stereocenters. The number of rotatable bonds is 12. The highest BCUT2D eigenvalue weighted by Crippen LogP contribution is 2.55. The average molecular weight is 959 g/mol. The van der Waals surface area contributed by atoms with Gasteiger partial charge in [-0.15, -0.1) is 0 Å². The van der Waals surface area contributed by atoms with Crippen LogP contribution in [0.25, 0.3) is 11.0 Å². The number of sulfonamides is 1. The van der Waals surface area contributed by atoms with Crippen LogP contribution in [-0.4, -0.2) is 105 Å². The molecule has 11 rings (SSSR count). The fourth-order valence-electron chi connectivity index (χ4n) is 12.2. The third-order valence-corrected chi connectivity index (χ3v) is 17.3. The molecule has 1 aliphatic carbocycles. The number of fused-ring (bicyclic) bond motifs is 3. The van der Waals surface area contributed by atoms with Gasteiger partial charge in [-0.3, -0.25) is 19.8 Å². The molecule has 0 unspecified atom stereocenters. The summed E-state index contributed by atoms with van der Waals surface area (Å²) in [5, 5.41) is 16.3. The van der Waals surface area contributed by atoms with Crippen LogP contribution in [0.3, 0.4) is 0 Å². The zero-order valence-corrected chi connectivity index (χ0v) is 40.2. The van der Waals surface area contributed by atoms with Crippen molar-refractivity contribution in [2.24, 2.45) is 11.3 Å². The molecule has 5 aliphatic heterocycles. The number of nitrogens with one attached hydrogen (secondary N) is 3. The number of amides is 1. The van der Waals surface area contributed by atoms with Gasteiger partial charge in [-0.05, 0) is 135 Å². The second-order valence-electron chi connectivity index (χ2n) is 20.4. The van der Waals surface area contributed by atoms with Crippen LogP contribution in [0.4, 0.5) is 28.4 Å². The van der Waals surface area contributed by atoms with E-state index in [1.54, 1.807) is 6.07 Å². The van der Waals surface area contributed by atoms with E-state index in [0.717, 1.165) is 62.5 Å². The van der Waals surface area contributed by atoms with E-state index < -0.39 is 37.5 Å². The molecule has 1 amide bonds. The van der Waals surface area contributed by atoms with Gasteiger partial charge in [0.1, 0.15) is 23.1 Å². The van der Waals surface area contributed by atoms with Crippen LogP contribution >= 0.6 is 0 Å². The lowest BCUT2D eigenvalue weighted by Gasteiger charge is -2.56. The van der Waals surface area contributed by atoms with Crippen molar-refractivity contribution in [1.29, 1.82) is 0 Å². The summed E-state index contributed by atoms with van der Waals surface area (Å²) in [6.45, 7) is 10.00. The monoisotopic (exact) mass is 958 g/mol. The third-order valence-electron chi connectivity index (χ3n) is 16.0. The van der Waals surface area contributed by atoms with Crippen LogP contribution in [-0.2, 0) is 19.5 Å². The maximum Gasteiger partial charge on any atom is 0.293 e. The lowest BCUT2D eigenvalue weighted by Crippen LogP contribution is -2.55. The largest absolute Gasteiger partial charge is 0.468 e. The number of benzene rings is 3. The lowest BCUT2D eigenvalue weighted by atomic mass is 9.59. The van der Waals surface area contributed by atoms with E-state index in [4.69, 9.17) is 19.2 Å². The molecule has 69 heavy (non-hydrogen) atoms. The summed E-state index contributed by atoms with van der Waals surface area (Å²) in [4.78, 5) is 41.3. The van der Waals surface area contributed by atoms with Gasteiger partial charge in [-0.1, -0.05) is 38.1 Å². The van der Waals surface area contributed by atoms with Crippen molar-refractivity contribution < 1.29 is 32.3 Å². The van der Waals surface area contributed by atoms with Gasteiger partial charge in [-0.2, -0.15) is 4.98 Å². The molecule has 4 saturated heterocycles. The fraction of sp³-hybridized carbons (Fsp3) is 0.500. The van der Waals surface area contributed by atoms with Crippen molar-refractivity contribution in [2.75, 3.05) is 67.7 Å². The molecule has 5 aromatic rings. The molecule has 0 bridgehead atoms. The fourth-order valence-corrected chi connectivity index (χ4v) is 13.2. The molecular formula is C52H62N8O8S. The average Bonchev–Trinajstić information content (AvgIpc) is 4.03. The normalized spacial score (nSPS) is 23.1. The van der Waals surface area contributed by atoms with Gasteiger partial charge >= 0.3 is 0 Å². The maximum atomic E-state index is 14.7. The van der Waals surface area contributed by atoms with Crippen molar-refractivity contribution in [1.82, 2.24) is 19.6 Å². The summed E-state index contributed by atoms with van der Waals surface area (Å²) in [5.74, 6) is 0.286. The first kappa shape index (κ1) is 45.7. The first-order chi connectivity index (χ1) is 33.4. The number of H-pyrrole nitrogens is 1. The summed E-state index contributed by atoms with van der Waals surface area (Å²) in [6, 6.07) is 23.1. The first-order valence-corrected chi connectivity index (χ1v) is 26.3. The van der Waals surface area contributed by atoms with Crippen LogP contribution in [0.1, 0.15) is 105 Å². The standard InChI is InChI=1S/C52H62N8O8S/c1-33(2)39-6-3-4-7-40(39)43-8-5-20-58(43)37-29-52(30-37)17-21-57(22-18-52)36-9-11-41(45(27-36)59-44-16-25-67-32-48(44)68-51-47(59)26-35-13-19-53-49(35)55-51)50(61)56-69(64,65)38-10-12-42(46(28-38)60(62)63)54-31-34-14-23-66-24-15-34/h3-4,6-7,9-13,19,26-28,33-34,37,43-44,48,54H,5,8,14-18,20-25,29-32H2,1-2H3,(H,53,55)(H,56,61)/t43-,44-,48+/m0/s1. The Bertz CT molecular complexity index is 2850. The molecule has 1 saturated carbocycles. The number of nitro benzene ring substituents is 1. The number of anilines is 4. The van der Waals surface area contributed by atoms with Crippen LogP contribution in [0.15, 0.2) is 83.9 Å². The number of carbonyl (C=O) groups is 1. The van der Waals surface area contributed by atoms with Crippen molar-refractivity contribution >= 4 is 55.4 Å².